The molecule has 2 aromatic rings. The predicted molar refractivity (Wildman–Crippen MR) is 102 cm³/mol. The number of likely N-dealkylation sites (tertiary alicyclic amines) is 1. The SMILES string of the molecule is CCN1CC[C@@H](OC(=O)N(C)c2ccc(F)cc2-c2ccc(F)c(Cl)c2)C1. The van der Waals surface area contributed by atoms with Crippen molar-refractivity contribution in [2.45, 2.75) is 19.4 Å². The first-order valence-corrected chi connectivity index (χ1v) is 9.18. The summed E-state index contributed by atoms with van der Waals surface area (Å²) in [4.78, 5) is 16.1. The van der Waals surface area contributed by atoms with Crippen molar-refractivity contribution in [1.29, 1.82) is 0 Å². The number of hydrogen-bond acceptors (Lipinski definition) is 3. The second kappa shape index (κ2) is 8.23. The van der Waals surface area contributed by atoms with Crippen molar-refractivity contribution in [1.82, 2.24) is 4.90 Å². The van der Waals surface area contributed by atoms with Gasteiger partial charge in [-0.15, -0.1) is 0 Å². The highest BCUT2D eigenvalue weighted by atomic mass is 35.5. The molecule has 1 saturated heterocycles. The molecule has 0 spiro atoms. The van der Waals surface area contributed by atoms with Gasteiger partial charge in [0.15, 0.2) is 0 Å². The van der Waals surface area contributed by atoms with Crippen LogP contribution < -0.4 is 4.90 Å². The van der Waals surface area contributed by atoms with Crippen molar-refractivity contribution in [3.05, 3.63) is 53.1 Å². The molecule has 0 aliphatic carbocycles. The van der Waals surface area contributed by atoms with Crippen molar-refractivity contribution in [3.63, 3.8) is 0 Å². The summed E-state index contributed by atoms with van der Waals surface area (Å²) in [5.41, 5.74) is 1.39. The van der Waals surface area contributed by atoms with Crippen molar-refractivity contribution in [2.24, 2.45) is 0 Å². The number of benzene rings is 2. The molecule has 1 heterocycles. The van der Waals surface area contributed by atoms with Crippen LogP contribution in [0, 0.1) is 11.6 Å². The summed E-state index contributed by atoms with van der Waals surface area (Å²) >= 11 is 5.86. The van der Waals surface area contributed by atoms with Crippen LogP contribution in [0.1, 0.15) is 13.3 Å². The fraction of sp³-hybridized carbons (Fsp3) is 0.350. The molecule has 0 radical (unpaired) electrons. The monoisotopic (exact) mass is 394 g/mol. The average Bonchev–Trinajstić information content (AvgIpc) is 3.11. The van der Waals surface area contributed by atoms with Crippen molar-refractivity contribution >= 4 is 23.4 Å². The largest absolute Gasteiger partial charge is 0.444 e. The summed E-state index contributed by atoms with van der Waals surface area (Å²) in [6.07, 6.45) is 0.111. The third-order valence-corrected chi connectivity index (χ3v) is 5.06. The Bertz CT molecular complexity index is 847. The highest BCUT2D eigenvalue weighted by Crippen LogP contribution is 2.33. The Balaban J connectivity index is 1.85. The van der Waals surface area contributed by atoms with Crippen LogP contribution >= 0.6 is 11.6 Å². The van der Waals surface area contributed by atoms with Gasteiger partial charge in [0.2, 0.25) is 0 Å². The van der Waals surface area contributed by atoms with Gasteiger partial charge in [-0.2, -0.15) is 0 Å². The van der Waals surface area contributed by atoms with Gasteiger partial charge in [-0.25, -0.2) is 13.6 Å². The molecule has 3 rings (SSSR count). The third kappa shape index (κ3) is 4.39. The number of amides is 1. The molecule has 0 aromatic heterocycles. The fourth-order valence-electron chi connectivity index (χ4n) is 3.20. The molecule has 27 heavy (non-hydrogen) atoms. The second-order valence-corrected chi connectivity index (χ2v) is 6.94. The van der Waals surface area contributed by atoms with Gasteiger partial charge in [-0.1, -0.05) is 24.6 Å². The molecule has 0 N–H and O–H groups in total. The highest BCUT2D eigenvalue weighted by Gasteiger charge is 2.27. The Kier molecular flexibility index (Phi) is 5.97. The van der Waals surface area contributed by atoms with Gasteiger partial charge in [-0.3, -0.25) is 9.80 Å². The van der Waals surface area contributed by atoms with E-state index in [4.69, 9.17) is 16.3 Å². The highest BCUT2D eigenvalue weighted by molar-refractivity contribution is 6.31. The zero-order chi connectivity index (χ0) is 19.6. The normalized spacial score (nSPS) is 17.1. The number of likely N-dealkylation sites (N-methyl/N-ethyl adjacent to an activating group) is 1. The molecule has 4 nitrogen and oxygen atoms in total. The first kappa shape index (κ1) is 19.6. The zero-order valence-electron chi connectivity index (χ0n) is 15.2. The van der Waals surface area contributed by atoms with Crippen LogP contribution in [-0.2, 0) is 4.74 Å². The van der Waals surface area contributed by atoms with E-state index in [-0.39, 0.29) is 11.1 Å². The lowest BCUT2D eigenvalue weighted by Crippen LogP contribution is -2.33. The first-order chi connectivity index (χ1) is 12.9. The Morgan fingerprint density at radius 1 is 1.30 bits per heavy atom. The lowest BCUT2D eigenvalue weighted by atomic mass is 10.0. The number of ether oxygens (including phenoxy) is 1. The lowest BCUT2D eigenvalue weighted by molar-refractivity contribution is 0.108. The van der Waals surface area contributed by atoms with Gasteiger partial charge in [0.1, 0.15) is 17.7 Å². The number of carbonyl (C=O) groups excluding carboxylic acids is 1. The maximum Gasteiger partial charge on any atom is 0.414 e. The van der Waals surface area contributed by atoms with Crippen LogP contribution in [0.5, 0.6) is 0 Å². The second-order valence-electron chi connectivity index (χ2n) is 6.54. The van der Waals surface area contributed by atoms with E-state index in [1.807, 2.05) is 0 Å². The van der Waals surface area contributed by atoms with Gasteiger partial charge >= 0.3 is 6.09 Å². The maximum atomic E-state index is 13.8. The van der Waals surface area contributed by atoms with Crippen molar-refractivity contribution in [2.75, 3.05) is 31.6 Å². The average molecular weight is 395 g/mol. The topological polar surface area (TPSA) is 32.8 Å². The predicted octanol–water partition coefficient (Wildman–Crippen LogP) is 4.95. The van der Waals surface area contributed by atoms with E-state index < -0.39 is 17.7 Å². The molecule has 0 bridgehead atoms. The van der Waals surface area contributed by atoms with Crippen LogP contribution in [0.3, 0.4) is 0 Å². The number of nitrogens with zero attached hydrogens (tertiary/aromatic N) is 2. The standard InChI is InChI=1S/C20H21ClF2N2O2/c1-3-25-9-8-15(12-25)27-20(26)24(2)19-7-5-14(22)11-16(19)13-4-6-18(23)17(21)10-13/h4-7,10-11,15H,3,8-9,12H2,1-2H3/t15-/m1/s1. The first-order valence-electron chi connectivity index (χ1n) is 8.80. The van der Waals surface area contributed by atoms with Crippen LogP contribution in [0.15, 0.2) is 36.4 Å². The number of hydrogen-bond donors (Lipinski definition) is 0. The Morgan fingerprint density at radius 3 is 2.74 bits per heavy atom. The maximum absolute atomic E-state index is 13.8. The summed E-state index contributed by atoms with van der Waals surface area (Å²) in [5, 5.41) is -0.0708. The van der Waals surface area contributed by atoms with Crippen LogP contribution in [0.25, 0.3) is 11.1 Å². The van der Waals surface area contributed by atoms with Crippen molar-refractivity contribution < 1.29 is 18.3 Å². The van der Waals surface area contributed by atoms with Gasteiger partial charge in [0.25, 0.3) is 0 Å². The summed E-state index contributed by atoms with van der Waals surface area (Å²) in [7, 11) is 1.57. The molecular weight excluding hydrogens is 374 g/mol. The molecule has 144 valence electrons. The number of rotatable bonds is 4. The molecule has 0 unspecified atom stereocenters. The van der Waals surface area contributed by atoms with Gasteiger partial charge in [0.05, 0.1) is 10.7 Å². The molecule has 1 aliphatic heterocycles. The summed E-state index contributed by atoms with van der Waals surface area (Å²) in [6.45, 7) is 4.58. The molecular formula is C20H21ClF2N2O2. The quantitative estimate of drug-likeness (QED) is 0.735. The Labute approximate surface area is 162 Å². The number of anilines is 1. The number of carbonyl (C=O) groups is 1. The van der Waals surface area contributed by atoms with E-state index in [1.165, 1.54) is 41.3 Å². The van der Waals surface area contributed by atoms with E-state index in [2.05, 4.69) is 11.8 Å². The molecule has 2 aromatic carbocycles. The molecule has 1 fully saturated rings. The summed E-state index contributed by atoms with van der Waals surface area (Å²) < 4.78 is 32.9. The van der Waals surface area contributed by atoms with Crippen LogP contribution in [0.4, 0.5) is 19.3 Å². The molecule has 1 atom stereocenters. The molecule has 1 amide bonds. The van der Waals surface area contributed by atoms with E-state index >= 15 is 0 Å². The van der Waals surface area contributed by atoms with Crippen LogP contribution in [-0.4, -0.2) is 43.8 Å². The third-order valence-electron chi connectivity index (χ3n) is 4.77. The minimum absolute atomic E-state index is 0.0708. The fourth-order valence-corrected chi connectivity index (χ4v) is 3.38. The lowest BCUT2D eigenvalue weighted by Gasteiger charge is -2.23. The van der Waals surface area contributed by atoms with Crippen molar-refractivity contribution in [3.8, 4) is 11.1 Å². The van der Waals surface area contributed by atoms with E-state index in [9.17, 15) is 13.6 Å². The molecule has 1 aliphatic rings. The minimum atomic E-state index is -0.562. The van der Waals surface area contributed by atoms with Gasteiger partial charge in [0, 0.05) is 25.7 Å². The molecule has 0 saturated carbocycles. The van der Waals surface area contributed by atoms with E-state index in [0.717, 1.165) is 19.5 Å². The zero-order valence-corrected chi connectivity index (χ0v) is 16.0. The van der Waals surface area contributed by atoms with E-state index in [1.54, 1.807) is 7.05 Å². The summed E-state index contributed by atoms with van der Waals surface area (Å²) in [6, 6.07) is 8.16. The van der Waals surface area contributed by atoms with E-state index in [0.29, 0.717) is 23.4 Å². The Morgan fingerprint density at radius 2 is 2.07 bits per heavy atom. The summed E-state index contributed by atoms with van der Waals surface area (Å²) in [5.74, 6) is -1.03. The van der Waals surface area contributed by atoms with Crippen LogP contribution in [0.2, 0.25) is 5.02 Å². The number of halogens is 3. The molecule has 7 heteroatoms. The van der Waals surface area contributed by atoms with Gasteiger partial charge < -0.3 is 4.74 Å². The Hall–Kier alpha value is -2.18. The van der Waals surface area contributed by atoms with Gasteiger partial charge in [-0.05, 0) is 48.9 Å². The minimum Gasteiger partial charge on any atom is -0.444 e. The smallest absolute Gasteiger partial charge is 0.414 e.